The van der Waals surface area contributed by atoms with Crippen LogP contribution in [0.2, 0.25) is 0 Å². The lowest BCUT2D eigenvalue weighted by atomic mass is 10.1. The highest BCUT2D eigenvalue weighted by molar-refractivity contribution is 6.05. The predicted octanol–water partition coefficient (Wildman–Crippen LogP) is 5.57. The SMILES string of the molecule is Cc1nc2ccccc2c(=O)n1-c1ccc(C(=O)Nc2ccccc2OCCc2ccccc2)cc1. The fourth-order valence-corrected chi connectivity index (χ4v) is 4.12. The number of amides is 1. The van der Waals surface area contributed by atoms with E-state index in [-0.39, 0.29) is 11.5 Å². The van der Waals surface area contributed by atoms with Crippen LogP contribution in [0.5, 0.6) is 5.75 Å². The van der Waals surface area contributed by atoms with E-state index < -0.39 is 0 Å². The molecule has 178 valence electrons. The van der Waals surface area contributed by atoms with Crippen LogP contribution in [0, 0.1) is 6.92 Å². The Labute approximate surface area is 208 Å². The summed E-state index contributed by atoms with van der Waals surface area (Å²) in [6.45, 7) is 2.29. The molecule has 6 heteroatoms. The van der Waals surface area contributed by atoms with Gasteiger partial charge in [-0.1, -0.05) is 54.6 Å². The summed E-state index contributed by atoms with van der Waals surface area (Å²) in [5.74, 6) is 0.932. The van der Waals surface area contributed by atoms with Gasteiger partial charge < -0.3 is 10.1 Å². The Kier molecular flexibility index (Phi) is 6.58. The topological polar surface area (TPSA) is 73.2 Å². The first-order chi connectivity index (χ1) is 17.6. The van der Waals surface area contributed by atoms with Crippen molar-refractivity contribution in [2.75, 3.05) is 11.9 Å². The summed E-state index contributed by atoms with van der Waals surface area (Å²) in [6.07, 6.45) is 0.771. The highest BCUT2D eigenvalue weighted by Gasteiger charge is 2.13. The Balaban J connectivity index is 1.31. The summed E-state index contributed by atoms with van der Waals surface area (Å²) in [7, 11) is 0. The van der Waals surface area contributed by atoms with E-state index in [4.69, 9.17) is 4.74 Å². The van der Waals surface area contributed by atoms with Crippen molar-refractivity contribution in [3.8, 4) is 11.4 Å². The normalized spacial score (nSPS) is 10.8. The maximum Gasteiger partial charge on any atom is 0.265 e. The van der Waals surface area contributed by atoms with Crippen LogP contribution >= 0.6 is 0 Å². The van der Waals surface area contributed by atoms with Crippen molar-refractivity contribution in [1.29, 1.82) is 0 Å². The highest BCUT2D eigenvalue weighted by atomic mass is 16.5. The number of benzene rings is 4. The monoisotopic (exact) mass is 475 g/mol. The molecule has 0 atom stereocenters. The number of aromatic nitrogens is 2. The molecular weight excluding hydrogens is 450 g/mol. The smallest absolute Gasteiger partial charge is 0.265 e. The Morgan fingerprint density at radius 2 is 1.56 bits per heavy atom. The number of aryl methyl sites for hydroxylation is 1. The van der Waals surface area contributed by atoms with E-state index in [1.54, 1.807) is 41.8 Å². The molecule has 0 spiro atoms. The number of anilines is 1. The number of nitrogens with zero attached hydrogens (tertiary/aromatic N) is 2. The van der Waals surface area contributed by atoms with Gasteiger partial charge in [0.25, 0.3) is 11.5 Å². The summed E-state index contributed by atoms with van der Waals surface area (Å²) >= 11 is 0. The molecule has 1 heterocycles. The minimum absolute atomic E-state index is 0.142. The van der Waals surface area contributed by atoms with Gasteiger partial charge in [0.2, 0.25) is 0 Å². The van der Waals surface area contributed by atoms with E-state index in [0.717, 1.165) is 6.42 Å². The molecular formula is C30H25N3O3. The third-order valence-electron chi connectivity index (χ3n) is 5.96. The van der Waals surface area contributed by atoms with Crippen molar-refractivity contribution < 1.29 is 9.53 Å². The van der Waals surface area contributed by atoms with Gasteiger partial charge in [-0.05, 0) is 61.0 Å². The quantitative estimate of drug-likeness (QED) is 0.334. The third-order valence-corrected chi connectivity index (χ3v) is 5.96. The average molecular weight is 476 g/mol. The first-order valence-electron chi connectivity index (χ1n) is 11.8. The van der Waals surface area contributed by atoms with Crippen LogP contribution < -0.4 is 15.6 Å². The Morgan fingerprint density at radius 1 is 0.861 bits per heavy atom. The lowest BCUT2D eigenvalue weighted by Gasteiger charge is -2.13. The van der Waals surface area contributed by atoms with Crippen LogP contribution in [0.25, 0.3) is 16.6 Å². The van der Waals surface area contributed by atoms with Crippen molar-refractivity contribution in [3.05, 3.63) is 130 Å². The lowest BCUT2D eigenvalue weighted by Crippen LogP contribution is -2.22. The highest BCUT2D eigenvalue weighted by Crippen LogP contribution is 2.25. The van der Waals surface area contributed by atoms with Crippen LogP contribution in [0.1, 0.15) is 21.7 Å². The molecule has 0 unspecified atom stereocenters. The number of para-hydroxylation sites is 3. The zero-order valence-corrected chi connectivity index (χ0v) is 19.8. The van der Waals surface area contributed by atoms with Gasteiger partial charge in [-0.3, -0.25) is 14.2 Å². The summed E-state index contributed by atoms with van der Waals surface area (Å²) in [4.78, 5) is 30.6. The summed E-state index contributed by atoms with van der Waals surface area (Å²) in [5, 5.41) is 3.49. The standard InChI is InChI=1S/C30H25N3O3/c1-21-31-26-12-6-5-11-25(26)30(35)33(21)24-17-15-23(16-18-24)29(34)32-27-13-7-8-14-28(27)36-20-19-22-9-3-2-4-10-22/h2-18H,19-20H2,1H3,(H,32,34). The molecule has 6 nitrogen and oxygen atoms in total. The van der Waals surface area contributed by atoms with Crippen LogP contribution in [0.15, 0.2) is 108 Å². The van der Waals surface area contributed by atoms with E-state index in [1.807, 2.05) is 60.7 Å². The van der Waals surface area contributed by atoms with Crippen LogP contribution in [0.4, 0.5) is 5.69 Å². The molecule has 0 aliphatic rings. The molecule has 1 N–H and O–H groups in total. The van der Waals surface area contributed by atoms with Gasteiger partial charge in [-0.2, -0.15) is 0 Å². The fraction of sp³-hybridized carbons (Fsp3) is 0.100. The summed E-state index contributed by atoms with van der Waals surface area (Å²) < 4.78 is 7.51. The van der Waals surface area contributed by atoms with E-state index >= 15 is 0 Å². The number of rotatable bonds is 7. The number of hydrogen-bond donors (Lipinski definition) is 1. The number of hydrogen-bond acceptors (Lipinski definition) is 4. The van der Waals surface area contributed by atoms with Crippen molar-refractivity contribution in [1.82, 2.24) is 9.55 Å². The molecule has 1 amide bonds. The predicted molar refractivity (Wildman–Crippen MR) is 142 cm³/mol. The third kappa shape index (κ3) is 4.88. The summed E-state index contributed by atoms with van der Waals surface area (Å²) in [5.41, 5.74) is 3.43. The molecule has 0 aliphatic heterocycles. The number of carbonyl (C=O) groups is 1. The fourth-order valence-electron chi connectivity index (χ4n) is 4.12. The molecule has 5 aromatic rings. The summed E-state index contributed by atoms with van der Waals surface area (Å²) in [6, 6.07) is 31.7. The lowest BCUT2D eigenvalue weighted by molar-refractivity contribution is 0.102. The maximum absolute atomic E-state index is 13.1. The first-order valence-corrected chi connectivity index (χ1v) is 11.8. The van der Waals surface area contributed by atoms with E-state index in [0.29, 0.717) is 46.0 Å². The second-order valence-electron chi connectivity index (χ2n) is 8.40. The van der Waals surface area contributed by atoms with Crippen LogP contribution in [0.3, 0.4) is 0 Å². The Hall–Kier alpha value is -4.71. The molecule has 0 saturated carbocycles. The van der Waals surface area contributed by atoms with Gasteiger partial charge in [-0.15, -0.1) is 0 Å². The second-order valence-corrected chi connectivity index (χ2v) is 8.40. The van der Waals surface area contributed by atoms with Crippen molar-refractivity contribution >= 4 is 22.5 Å². The maximum atomic E-state index is 13.1. The Bertz CT molecular complexity index is 1580. The molecule has 5 rings (SSSR count). The van der Waals surface area contributed by atoms with E-state index in [2.05, 4.69) is 22.4 Å². The minimum atomic E-state index is -0.263. The van der Waals surface area contributed by atoms with E-state index in [1.165, 1.54) is 5.56 Å². The van der Waals surface area contributed by atoms with Gasteiger partial charge in [0.1, 0.15) is 11.6 Å². The minimum Gasteiger partial charge on any atom is -0.491 e. The molecule has 1 aromatic heterocycles. The van der Waals surface area contributed by atoms with Gasteiger partial charge >= 0.3 is 0 Å². The first kappa shape index (κ1) is 23.1. The zero-order valence-electron chi connectivity index (χ0n) is 19.8. The number of carbonyl (C=O) groups excluding carboxylic acids is 1. The number of ether oxygens (including phenoxy) is 1. The zero-order chi connectivity index (χ0) is 24.9. The molecule has 0 fully saturated rings. The van der Waals surface area contributed by atoms with Crippen LogP contribution in [-0.4, -0.2) is 22.1 Å². The van der Waals surface area contributed by atoms with Crippen LogP contribution in [-0.2, 0) is 6.42 Å². The van der Waals surface area contributed by atoms with Crippen molar-refractivity contribution in [2.24, 2.45) is 0 Å². The molecule has 0 radical (unpaired) electrons. The number of nitrogens with one attached hydrogen (secondary N) is 1. The average Bonchev–Trinajstić information content (AvgIpc) is 2.91. The van der Waals surface area contributed by atoms with Gasteiger partial charge in [0, 0.05) is 12.0 Å². The molecule has 4 aromatic carbocycles. The van der Waals surface area contributed by atoms with Gasteiger partial charge in [0.15, 0.2) is 0 Å². The van der Waals surface area contributed by atoms with Crippen molar-refractivity contribution in [3.63, 3.8) is 0 Å². The molecule has 0 aliphatic carbocycles. The molecule has 0 saturated heterocycles. The molecule has 36 heavy (non-hydrogen) atoms. The number of fused-ring (bicyclic) bond motifs is 1. The van der Waals surface area contributed by atoms with E-state index in [9.17, 15) is 9.59 Å². The van der Waals surface area contributed by atoms with Crippen molar-refractivity contribution in [2.45, 2.75) is 13.3 Å². The van der Waals surface area contributed by atoms with Gasteiger partial charge in [0.05, 0.1) is 28.9 Å². The largest absolute Gasteiger partial charge is 0.491 e. The van der Waals surface area contributed by atoms with Gasteiger partial charge in [-0.25, -0.2) is 4.98 Å². The molecule has 0 bridgehead atoms. The second kappa shape index (κ2) is 10.3. The Morgan fingerprint density at radius 3 is 2.36 bits per heavy atom.